The molecule has 0 aromatic heterocycles. The molecule has 0 aliphatic rings. The van der Waals surface area contributed by atoms with E-state index < -0.39 is 6.04 Å². The minimum absolute atomic E-state index is 0.0531. The van der Waals surface area contributed by atoms with E-state index in [1.165, 1.54) is 0 Å². The van der Waals surface area contributed by atoms with Gasteiger partial charge in [-0.25, -0.2) is 0 Å². The lowest BCUT2D eigenvalue weighted by Crippen LogP contribution is -2.34. The van der Waals surface area contributed by atoms with Crippen LogP contribution in [0.1, 0.15) is 35.7 Å². The van der Waals surface area contributed by atoms with Crippen LogP contribution in [0.5, 0.6) is 5.75 Å². The molecule has 0 fully saturated rings. The van der Waals surface area contributed by atoms with Gasteiger partial charge in [-0.3, -0.25) is 10.1 Å². The van der Waals surface area contributed by atoms with Crippen LogP contribution in [0.25, 0.3) is 0 Å². The highest BCUT2D eigenvalue weighted by Crippen LogP contribution is 2.28. The summed E-state index contributed by atoms with van der Waals surface area (Å²) in [6.07, 6.45) is 0. The number of anilines is 1. The highest BCUT2D eigenvalue weighted by atomic mass is 35.5. The maximum Gasteiger partial charge on any atom is 0.246 e. The van der Waals surface area contributed by atoms with Crippen LogP contribution in [0, 0.1) is 6.92 Å². The van der Waals surface area contributed by atoms with Gasteiger partial charge in [0.2, 0.25) is 5.91 Å². The fraction of sp³-hybridized carbons (Fsp3) is 0.208. The molecule has 0 radical (unpaired) electrons. The Labute approximate surface area is 176 Å². The fourth-order valence-electron chi connectivity index (χ4n) is 3.19. The molecule has 2 atom stereocenters. The summed E-state index contributed by atoms with van der Waals surface area (Å²) in [4.78, 5) is 13.3. The number of rotatable bonds is 7. The molecular weight excluding hydrogens is 384 g/mol. The van der Waals surface area contributed by atoms with E-state index in [1.54, 1.807) is 7.11 Å². The standard InChI is InChI=1S/C24H25ClN2O2/c1-16-9-14-22(29-3)21(15-16)27-24(28)23(19-7-5-4-6-8-19)26-17(2)18-10-12-20(25)13-11-18/h4-15,17,23,26H,1-3H3,(H,27,28)/t17-,23-/m0/s1. The molecule has 29 heavy (non-hydrogen) atoms. The van der Waals surface area contributed by atoms with Crippen LogP contribution in [0.2, 0.25) is 5.02 Å². The number of nitrogens with one attached hydrogen (secondary N) is 2. The second-order valence-corrected chi connectivity index (χ2v) is 7.41. The molecule has 5 heteroatoms. The molecule has 150 valence electrons. The summed E-state index contributed by atoms with van der Waals surface area (Å²) >= 11 is 6.00. The minimum Gasteiger partial charge on any atom is -0.495 e. The highest BCUT2D eigenvalue weighted by molar-refractivity contribution is 6.30. The van der Waals surface area contributed by atoms with Crippen molar-refractivity contribution in [3.8, 4) is 5.75 Å². The maximum absolute atomic E-state index is 13.3. The molecular formula is C24H25ClN2O2. The highest BCUT2D eigenvalue weighted by Gasteiger charge is 2.24. The summed E-state index contributed by atoms with van der Waals surface area (Å²) in [5.41, 5.74) is 3.63. The van der Waals surface area contributed by atoms with Gasteiger partial charge in [-0.05, 0) is 54.8 Å². The molecule has 0 spiro atoms. The first kappa shape index (κ1) is 20.9. The van der Waals surface area contributed by atoms with E-state index in [9.17, 15) is 4.79 Å². The Morgan fingerprint density at radius 1 is 0.966 bits per heavy atom. The Balaban J connectivity index is 1.86. The molecule has 3 rings (SSSR count). The number of aryl methyl sites for hydroxylation is 1. The van der Waals surface area contributed by atoms with E-state index in [4.69, 9.17) is 16.3 Å². The Hall–Kier alpha value is -2.82. The van der Waals surface area contributed by atoms with E-state index in [2.05, 4.69) is 10.6 Å². The van der Waals surface area contributed by atoms with Crippen molar-refractivity contribution in [2.75, 3.05) is 12.4 Å². The van der Waals surface area contributed by atoms with Crippen LogP contribution >= 0.6 is 11.6 Å². The number of hydrogen-bond acceptors (Lipinski definition) is 3. The summed E-state index contributed by atoms with van der Waals surface area (Å²) in [5.74, 6) is 0.474. The third-order valence-corrected chi connectivity index (χ3v) is 5.05. The number of carbonyl (C=O) groups is 1. The Morgan fingerprint density at radius 3 is 2.31 bits per heavy atom. The molecule has 0 saturated carbocycles. The molecule has 0 unspecified atom stereocenters. The number of halogens is 1. The summed E-state index contributed by atoms with van der Waals surface area (Å²) in [7, 11) is 1.59. The van der Waals surface area contributed by atoms with Crippen molar-refractivity contribution in [1.82, 2.24) is 5.32 Å². The quantitative estimate of drug-likeness (QED) is 0.528. The number of benzene rings is 3. The summed E-state index contributed by atoms with van der Waals surface area (Å²) < 4.78 is 5.40. The number of carbonyl (C=O) groups excluding carboxylic acids is 1. The fourth-order valence-corrected chi connectivity index (χ4v) is 3.32. The normalized spacial score (nSPS) is 12.8. The average molecular weight is 409 g/mol. The molecule has 0 bridgehead atoms. The second kappa shape index (κ2) is 9.59. The lowest BCUT2D eigenvalue weighted by atomic mass is 10.0. The zero-order valence-corrected chi connectivity index (χ0v) is 17.5. The molecule has 0 heterocycles. The Bertz CT molecular complexity index is 958. The zero-order chi connectivity index (χ0) is 20.8. The zero-order valence-electron chi connectivity index (χ0n) is 16.8. The van der Waals surface area contributed by atoms with Crippen molar-refractivity contribution in [1.29, 1.82) is 0 Å². The van der Waals surface area contributed by atoms with Gasteiger partial charge in [0.05, 0.1) is 12.8 Å². The summed E-state index contributed by atoms with van der Waals surface area (Å²) in [6, 6.07) is 22.4. The van der Waals surface area contributed by atoms with Crippen LogP contribution in [-0.2, 0) is 4.79 Å². The van der Waals surface area contributed by atoms with Crippen molar-refractivity contribution in [2.45, 2.75) is 25.9 Å². The van der Waals surface area contributed by atoms with E-state index in [1.807, 2.05) is 86.6 Å². The van der Waals surface area contributed by atoms with Gasteiger partial charge in [0.25, 0.3) is 0 Å². The molecule has 3 aromatic rings. The topological polar surface area (TPSA) is 50.4 Å². The minimum atomic E-state index is -0.535. The number of methoxy groups -OCH3 is 1. The van der Waals surface area contributed by atoms with Gasteiger partial charge < -0.3 is 10.1 Å². The SMILES string of the molecule is COc1ccc(C)cc1NC(=O)[C@@H](N[C@@H](C)c1ccc(Cl)cc1)c1ccccc1. The first-order valence-corrected chi connectivity index (χ1v) is 9.87. The van der Waals surface area contributed by atoms with Crippen molar-refractivity contribution in [3.05, 3.63) is 94.5 Å². The van der Waals surface area contributed by atoms with Crippen LogP contribution in [0.3, 0.4) is 0 Å². The first-order chi connectivity index (χ1) is 14.0. The van der Waals surface area contributed by atoms with E-state index >= 15 is 0 Å². The number of ether oxygens (including phenoxy) is 1. The predicted octanol–water partition coefficient (Wildman–Crippen LogP) is 5.69. The van der Waals surface area contributed by atoms with Crippen molar-refractivity contribution >= 4 is 23.2 Å². The van der Waals surface area contributed by atoms with Crippen LogP contribution in [0.15, 0.2) is 72.8 Å². The lowest BCUT2D eigenvalue weighted by Gasteiger charge is -2.24. The molecule has 3 aromatic carbocycles. The van der Waals surface area contributed by atoms with Crippen LogP contribution < -0.4 is 15.4 Å². The third-order valence-electron chi connectivity index (χ3n) is 4.79. The largest absolute Gasteiger partial charge is 0.495 e. The second-order valence-electron chi connectivity index (χ2n) is 6.98. The summed E-state index contributed by atoms with van der Waals surface area (Å²) in [5, 5.41) is 7.15. The van der Waals surface area contributed by atoms with Crippen LogP contribution in [-0.4, -0.2) is 13.0 Å². The molecule has 2 N–H and O–H groups in total. The van der Waals surface area contributed by atoms with Crippen molar-refractivity contribution in [2.24, 2.45) is 0 Å². The van der Waals surface area contributed by atoms with Crippen LogP contribution in [0.4, 0.5) is 5.69 Å². The number of amides is 1. The van der Waals surface area contributed by atoms with Gasteiger partial charge in [0.15, 0.2) is 0 Å². The first-order valence-electron chi connectivity index (χ1n) is 9.50. The van der Waals surface area contributed by atoms with E-state index in [-0.39, 0.29) is 11.9 Å². The monoisotopic (exact) mass is 408 g/mol. The van der Waals surface area contributed by atoms with Gasteiger partial charge in [0.1, 0.15) is 11.8 Å². The molecule has 0 aliphatic heterocycles. The van der Waals surface area contributed by atoms with Gasteiger partial charge in [-0.15, -0.1) is 0 Å². The van der Waals surface area contributed by atoms with Gasteiger partial charge in [-0.1, -0.05) is 60.1 Å². The third kappa shape index (κ3) is 5.37. The van der Waals surface area contributed by atoms with Gasteiger partial charge >= 0.3 is 0 Å². The Kier molecular flexibility index (Phi) is 6.91. The predicted molar refractivity (Wildman–Crippen MR) is 119 cm³/mol. The molecule has 0 saturated heterocycles. The molecule has 0 aliphatic carbocycles. The van der Waals surface area contributed by atoms with E-state index in [0.717, 1.165) is 16.7 Å². The average Bonchev–Trinajstić information content (AvgIpc) is 2.73. The van der Waals surface area contributed by atoms with Crippen molar-refractivity contribution in [3.63, 3.8) is 0 Å². The van der Waals surface area contributed by atoms with Gasteiger partial charge in [0, 0.05) is 11.1 Å². The summed E-state index contributed by atoms with van der Waals surface area (Å²) in [6.45, 7) is 4.00. The lowest BCUT2D eigenvalue weighted by molar-refractivity contribution is -0.118. The maximum atomic E-state index is 13.3. The molecule has 4 nitrogen and oxygen atoms in total. The number of hydrogen-bond donors (Lipinski definition) is 2. The molecule has 1 amide bonds. The Morgan fingerprint density at radius 2 is 1.66 bits per heavy atom. The van der Waals surface area contributed by atoms with E-state index in [0.29, 0.717) is 16.5 Å². The smallest absolute Gasteiger partial charge is 0.246 e. The van der Waals surface area contributed by atoms with Gasteiger partial charge in [-0.2, -0.15) is 0 Å². The van der Waals surface area contributed by atoms with Crippen molar-refractivity contribution < 1.29 is 9.53 Å².